The maximum Gasteiger partial charge on any atom is 0.251 e. The van der Waals surface area contributed by atoms with Gasteiger partial charge in [-0.05, 0) is 55.8 Å². The maximum absolute atomic E-state index is 12.6. The van der Waals surface area contributed by atoms with E-state index in [1.54, 1.807) is 18.2 Å². The van der Waals surface area contributed by atoms with Gasteiger partial charge in [0.15, 0.2) is 5.96 Å². The standard InChI is InChI=1S/C24H32N6O3S.CH4/c1-18(2)34(32,33)30-15-13-29(14-16-30)22-9-5-20(6-10-22)23(31)27-17-19-3-7-21(8-4-19)28-24-25-11-12-26-24;/h3-10,18H,11-17H2,1-2H3,(H,27,31)(H2,25,26,28);1H4. The van der Waals surface area contributed by atoms with E-state index in [0.29, 0.717) is 38.3 Å². The zero-order valence-corrected chi connectivity index (χ0v) is 20.4. The largest absolute Gasteiger partial charge is 0.369 e. The van der Waals surface area contributed by atoms with Crippen LogP contribution < -0.4 is 20.9 Å². The number of anilines is 2. The molecule has 2 aliphatic rings. The molecule has 9 nitrogen and oxygen atoms in total. The second kappa shape index (κ2) is 11.5. The molecular weight excluding hydrogens is 464 g/mol. The van der Waals surface area contributed by atoms with Crippen LogP contribution in [0, 0.1) is 0 Å². The molecule has 4 rings (SSSR count). The minimum atomic E-state index is -3.22. The number of benzene rings is 2. The highest BCUT2D eigenvalue weighted by Crippen LogP contribution is 2.20. The third-order valence-corrected chi connectivity index (χ3v) is 8.31. The highest BCUT2D eigenvalue weighted by Gasteiger charge is 2.29. The van der Waals surface area contributed by atoms with E-state index in [1.807, 2.05) is 48.5 Å². The molecule has 1 saturated heterocycles. The van der Waals surface area contributed by atoms with E-state index in [0.717, 1.165) is 36.0 Å². The molecule has 0 aromatic heterocycles. The molecule has 3 N–H and O–H groups in total. The van der Waals surface area contributed by atoms with Crippen molar-refractivity contribution in [3.63, 3.8) is 0 Å². The summed E-state index contributed by atoms with van der Waals surface area (Å²) >= 11 is 0. The molecule has 2 aliphatic heterocycles. The van der Waals surface area contributed by atoms with Gasteiger partial charge in [0.05, 0.1) is 11.8 Å². The number of nitrogens with zero attached hydrogens (tertiary/aromatic N) is 3. The van der Waals surface area contributed by atoms with Crippen molar-refractivity contribution in [3.05, 3.63) is 59.7 Å². The molecule has 0 radical (unpaired) electrons. The Morgan fingerprint density at radius 3 is 2.26 bits per heavy atom. The normalized spacial score (nSPS) is 16.3. The van der Waals surface area contributed by atoms with Crippen LogP contribution in [0.5, 0.6) is 0 Å². The average molecular weight is 501 g/mol. The van der Waals surface area contributed by atoms with Gasteiger partial charge in [0, 0.05) is 56.2 Å². The number of piperazine rings is 1. The van der Waals surface area contributed by atoms with Crippen molar-refractivity contribution in [2.75, 3.05) is 49.5 Å². The number of nitrogens with one attached hydrogen (secondary N) is 3. The number of sulfonamides is 1. The van der Waals surface area contributed by atoms with Crippen LogP contribution in [0.15, 0.2) is 53.5 Å². The molecule has 10 heteroatoms. The van der Waals surface area contributed by atoms with Crippen molar-refractivity contribution >= 4 is 33.3 Å². The summed E-state index contributed by atoms with van der Waals surface area (Å²) in [5.41, 5.74) is 3.53. The van der Waals surface area contributed by atoms with Gasteiger partial charge in [0.1, 0.15) is 0 Å². The molecule has 2 aromatic carbocycles. The van der Waals surface area contributed by atoms with Crippen LogP contribution in [0.25, 0.3) is 0 Å². The summed E-state index contributed by atoms with van der Waals surface area (Å²) in [6, 6.07) is 15.3. The van der Waals surface area contributed by atoms with Gasteiger partial charge in [-0.15, -0.1) is 0 Å². The third kappa shape index (κ3) is 6.52. The number of carbonyl (C=O) groups excluding carboxylic acids is 1. The Balaban J connectivity index is 0.00000342. The van der Waals surface area contributed by atoms with E-state index in [9.17, 15) is 13.2 Å². The number of amides is 1. The predicted molar refractivity (Wildman–Crippen MR) is 143 cm³/mol. The van der Waals surface area contributed by atoms with Crippen LogP contribution in [0.3, 0.4) is 0 Å². The Bertz CT molecular complexity index is 1120. The Kier molecular flexibility index (Phi) is 8.74. The first-order valence-corrected chi connectivity index (χ1v) is 13.1. The number of rotatable bonds is 7. The topological polar surface area (TPSA) is 106 Å². The van der Waals surface area contributed by atoms with Gasteiger partial charge in [-0.2, -0.15) is 4.31 Å². The Morgan fingerprint density at radius 1 is 1.03 bits per heavy atom. The number of hydrogen-bond acceptors (Lipinski definition) is 7. The van der Waals surface area contributed by atoms with Gasteiger partial charge < -0.3 is 20.9 Å². The molecule has 35 heavy (non-hydrogen) atoms. The first-order valence-electron chi connectivity index (χ1n) is 11.6. The quantitative estimate of drug-likeness (QED) is 0.539. The van der Waals surface area contributed by atoms with Crippen LogP contribution in [0.2, 0.25) is 0 Å². The van der Waals surface area contributed by atoms with E-state index in [4.69, 9.17) is 0 Å². The average Bonchev–Trinajstić information content (AvgIpc) is 3.36. The fraction of sp³-hybridized carbons (Fsp3) is 0.440. The maximum atomic E-state index is 12.6. The smallest absolute Gasteiger partial charge is 0.251 e. The van der Waals surface area contributed by atoms with E-state index in [-0.39, 0.29) is 13.3 Å². The lowest BCUT2D eigenvalue weighted by atomic mass is 10.1. The van der Waals surface area contributed by atoms with Gasteiger partial charge in [-0.1, -0.05) is 19.6 Å². The molecule has 190 valence electrons. The van der Waals surface area contributed by atoms with Crippen molar-refractivity contribution in [2.24, 2.45) is 4.99 Å². The molecule has 0 saturated carbocycles. The van der Waals surface area contributed by atoms with Crippen LogP contribution in [-0.2, 0) is 16.6 Å². The number of aliphatic imine (C=N–C) groups is 1. The summed E-state index contributed by atoms with van der Waals surface area (Å²) in [5.74, 6) is 0.651. The predicted octanol–water partition coefficient (Wildman–Crippen LogP) is 2.48. The Hall–Kier alpha value is -3.11. The Morgan fingerprint density at radius 2 is 1.69 bits per heavy atom. The van der Waals surface area contributed by atoms with E-state index in [2.05, 4.69) is 25.8 Å². The highest BCUT2D eigenvalue weighted by atomic mass is 32.2. The zero-order valence-electron chi connectivity index (χ0n) is 19.6. The van der Waals surface area contributed by atoms with E-state index >= 15 is 0 Å². The second-order valence-corrected chi connectivity index (χ2v) is 11.2. The second-order valence-electron chi connectivity index (χ2n) is 8.69. The van der Waals surface area contributed by atoms with Gasteiger partial charge in [0.25, 0.3) is 5.91 Å². The zero-order chi connectivity index (χ0) is 24.1. The fourth-order valence-corrected chi connectivity index (χ4v) is 5.20. The van der Waals surface area contributed by atoms with Crippen molar-refractivity contribution in [3.8, 4) is 0 Å². The molecule has 0 aliphatic carbocycles. The first-order chi connectivity index (χ1) is 16.3. The molecule has 0 spiro atoms. The van der Waals surface area contributed by atoms with Gasteiger partial charge in [-0.3, -0.25) is 9.79 Å². The summed E-state index contributed by atoms with van der Waals surface area (Å²) < 4.78 is 26.3. The first kappa shape index (κ1) is 26.5. The summed E-state index contributed by atoms with van der Waals surface area (Å²) in [7, 11) is -3.22. The minimum Gasteiger partial charge on any atom is -0.369 e. The molecular formula is C25H36N6O3S. The number of guanidine groups is 1. The Labute approximate surface area is 208 Å². The van der Waals surface area contributed by atoms with Crippen LogP contribution in [0.1, 0.15) is 37.2 Å². The van der Waals surface area contributed by atoms with Crippen molar-refractivity contribution in [1.29, 1.82) is 0 Å². The van der Waals surface area contributed by atoms with Crippen LogP contribution in [0.4, 0.5) is 11.4 Å². The SMILES string of the molecule is C.CC(C)S(=O)(=O)N1CCN(c2ccc(C(=O)NCc3ccc(NC4=NCCN4)cc3)cc2)CC1. The molecule has 0 bridgehead atoms. The van der Waals surface area contributed by atoms with Gasteiger partial charge in [-0.25, -0.2) is 8.42 Å². The number of carbonyl (C=O) groups is 1. The summed E-state index contributed by atoms with van der Waals surface area (Å²) in [6.07, 6.45) is 0. The molecule has 1 amide bonds. The lowest BCUT2D eigenvalue weighted by molar-refractivity contribution is 0.0951. The highest BCUT2D eigenvalue weighted by molar-refractivity contribution is 7.89. The monoisotopic (exact) mass is 500 g/mol. The van der Waals surface area contributed by atoms with E-state index in [1.165, 1.54) is 0 Å². The lowest BCUT2D eigenvalue weighted by Gasteiger charge is -2.36. The minimum absolute atomic E-state index is 0. The summed E-state index contributed by atoms with van der Waals surface area (Å²) in [4.78, 5) is 19.0. The number of hydrogen-bond donors (Lipinski definition) is 3. The molecule has 2 heterocycles. The molecule has 0 atom stereocenters. The lowest BCUT2D eigenvalue weighted by Crippen LogP contribution is -2.50. The van der Waals surface area contributed by atoms with Gasteiger partial charge in [0.2, 0.25) is 10.0 Å². The van der Waals surface area contributed by atoms with E-state index < -0.39 is 15.3 Å². The van der Waals surface area contributed by atoms with Gasteiger partial charge >= 0.3 is 0 Å². The fourth-order valence-electron chi connectivity index (χ4n) is 3.93. The van der Waals surface area contributed by atoms with Crippen molar-refractivity contribution in [1.82, 2.24) is 14.9 Å². The van der Waals surface area contributed by atoms with Crippen molar-refractivity contribution < 1.29 is 13.2 Å². The van der Waals surface area contributed by atoms with Crippen molar-refractivity contribution in [2.45, 2.75) is 33.1 Å². The summed E-state index contributed by atoms with van der Waals surface area (Å²) in [5, 5.41) is 8.94. The summed E-state index contributed by atoms with van der Waals surface area (Å²) in [6.45, 7) is 7.71. The van der Waals surface area contributed by atoms with Crippen LogP contribution in [-0.4, -0.2) is 69.1 Å². The van der Waals surface area contributed by atoms with Crippen LogP contribution >= 0.6 is 0 Å². The molecule has 2 aromatic rings. The molecule has 1 fully saturated rings. The third-order valence-electron chi connectivity index (χ3n) is 6.03. The molecule has 0 unspecified atom stereocenters.